The van der Waals surface area contributed by atoms with Gasteiger partial charge in [0.2, 0.25) is 0 Å². The van der Waals surface area contributed by atoms with Gasteiger partial charge in [0.05, 0.1) is 7.11 Å². The van der Waals surface area contributed by atoms with Crippen LogP contribution in [-0.2, 0) is 0 Å². The van der Waals surface area contributed by atoms with Crippen LogP contribution in [0.15, 0.2) is 30.3 Å². The van der Waals surface area contributed by atoms with E-state index < -0.39 is 0 Å². The summed E-state index contributed by atoms with van der Waals surface area (Å²) >= 11 is 3.41. The number of halogens is 1. The zero-order valence-electron chi connectivity index (χ0n) is 8.59. The van der Waals surface area contributed by atoms with Crippen molar-refractivity contribution in [1.29, 1.82) is 0 Å². The molecule has 0 saturated heterocycles. The van der Waals surface area contributed by atoms with Crippen molar-refractivity contribution in [3.8, 4) is 5.75 Å². The Morgan fingerprint density at radius 3 is 2.79 bits per heavy atom. The molecule has 0 aliphatic rings. The predicted octanol–water partition coefficient (Wildman–Crippen LogP) is 3.88. The largest absolute Gasteiger partial charge is 0.496 e. The van der Waals surface area contributed by atoms with Crippen molar-refractivity contribution in [1.82, 2.24) is 0 Å². The number of benzene rings is 1. The molecular formula is C12H15BrO. The molecule has 0 aromatic heterocycles. The highest BCUT2D eigenvalue weighted by atomic mass is 79.9. The molecule has 0 atom stereocenters. The molecule has 1 rings (SSSR count). The summed E-state index contributed by atoms with van der Waals surface area (Å²) in [6, 6.07) is 8.09. The van der Waals surface area contributed by atoms with Crippen molar-refractivity contribution < 1.29 is 4.74 Å². The fraction of sp³-hybridized carbons (Fsp3) is 0.333. The van der Waals surface area contributed by atoms with E-state index in [0.717, 1.165) is 17.5 Å². The van der Waals surface area contributed by atoms with Gasteiger partial charge in [-0.25, -0.2) is 0 Å². The molecule has 0 bridgehead atoms. The summed E-state index contributed by atoms with van der Waals surface area (Å²) in [6.45, 7) is 2.11. The van der Waals surface area contributed by atoms with Crippen LogP contribution >= 0.6 is 15.9 Å². The van der Waals surface area contributed by atoms with Gasteiger partial charge in [-0.1, -0.05) is 40.2 Å². The van der Waals surface area contributed by atoms with Gasteiger partial charge in [-0.3, -0.25) is 0 Å². The van der Waals surface area contributed by atoms with Gasteiger partial charge in [0, 0.05) is 10.9 Å². The summed E-state index contributed by atoms with van der Waals surface area (Å²) in [7, 11) is 1.70. The van der Waals surface area contributed by atoms with E-state index in [4.69, 9.17) is 4.74 Å². The maximum Gasteiger partial charge on any atom is 0.126 e. The molecule has 2 heteroatoms. The van der Waals surface area contributed by atoms with Gasteiger partial charge in [0.1, 0.15) is 5.75 Å². The van der Waals surface area contributed by atoms with Gasteiger partial charge in [-0.2, -0.15) is 0 Å². The Morgan fingerprint density at radius 2 is 2.14 bits per heavy atom. The van der Waals surface area contributed by atoms with Gasteiger partial charge in [-0.05, 0) is 25.0 Å². The van der Waals surface area contributed by atoms with Crippen molar-refractivity contribution >= 4 is 21.5 Å². The average Bonchev–Trinajstić information content (AvgIpc) is 2.25. The Morgan fingerprint density at radius 1 is 1.43 bits per heavy atom. The van der Waals surface area contributed by atoms with E-state index in [9.17, 15) is 0 Å². The van der Waals surface area contributed by atoms with E-state index in [-0.39, 0.29) is 0 Å². The monoisotopic (exact) mass is 254 g/mol. The quantitative estimate of drug-likeness (QED) is 0.742. The van der Waals surface area contributed by atoms with Crippen LogP contribution in [0.2, 0.25) is 0 Å². The predicted molar refractivity (Wildman–Crippen MR) is 65.1 cm³/mol. The summed E-state index contributed by atoms with van der Waals surface area (Å²) in [6.07, 6.45) is 3.26. The minimum absolute atomic E-state index is 0.941. The molecule has 14 heavy (non-hydrogen) atoms. The van der Waals surface area contributed by atoms with Crippen LogP contribution in [0, 0.1) is 0 Å². The molecular weight excluding hydrogens is 240 g/mol. The van der Waals surface area contributed by atoms with E-state index in [2.05, 4.69) is 35.0 Å². The first kappa shape index (κ1) is 11.3. The van der Waals surface area contributed by atoms with Crippen LogP contribution in [0.4, 0.5) is 0 Å². The lowest BCUT2D eigenvalue weighted by Crippen LogP contribution is -1.89. The molecule has 0 radical (unpaired) electrons. The first-order valence-corrected chi connectivity index (χ1v) is 5.78. The van der Waals surface area contributed by atoms with E-state index in [1.54, 1.807) is 7.11 Å². The van der Waals surface area contributed by atoms with E-state index >= 15 is 0 Å². The molecule has 1 aromatic carbocycles. The highest BCUT2D eigenvalue weighted by Gasteiger charge is 2.02. The standard InChI is InChI=1S/C12H15BrO/c1-10(6-5-9-13)11-7-3-4-8-12(11)14-2/h3-4,6-8H,5,9H2,1-2H3. The van der Waals surface area contributed by atoms with E-state index in [1.165, 1.54) is 11.1 Å². The third-order valence-corrected chi connectivity index (χ3v) is 2.55. The van der Waals surface area contributed by atoms with Gasteiger partial charge in [0.25, 0.3) is 0 Å². The molecule has 0 amide bonds. The third kappa shape index (κ3) is 2.88. The zero-order valence-corrected chi connectivity index (χ0v) is 10.2. The van der Waals surface area contributed by atoms with Crippen molar-refractivity contribution in [2.45, 2.75) is 13.3 Å². The average molecular weight is 255 g/mol. The molecule has 0 N–H and O–H groups in total. The Hall–Kier alpha value is -0.760. The zero-order chi connectivity index (χ0) is 10.4. The fourth-order valence-corrected chi connectivity index (χ4v) is 1.58. The third-order valence-electron chi connectivity index (χ3n) is 2.09. The highest BCUT2D eigenvalue weighted by Crippen LogP contribution is 2.25. The number of para-hydroxylation sites is 1. The topological polar surface area (TPSA) is 9.23 Å². The lowest BCUT2D eigenvalue weighted by molar-refractivity contribution is 0.413. The summed E-state index contributed by atoms with van der Waals surface area (Å²) in [5, 5.41) is 0.999. The number of rotatable bonds is 4. The van der Waals surface area contributed by atoms with Crippen LogP contribution in [0.3, 0.4) is 0 Å². The normalized spacial score (nSPS) is 11.5. The molecule has 0 spiro atoms. The fourth-order valence-electron chi connectivity index (χ4n) is 1.35. The molecule has 76 valence electrons. The summed E-state index contributed by atoms with van der Waals surface area (Å²) in [5.74, 6) is 0.941. The Balaban J connectivity index is 2.93. The number of alkyl halides is 1. The first-order chi connectivity index (χ1) is 6.79. The van der Waals surface area contributed by atoms with Gasteiger partial charge in [-0.15, -0.1) is 0 Å². The molecule has 0 fully saturated rings. The Labute approximate surface area is 93.9 Å². The summed E-state index contributed by atoms with van der Waals surface area (Å²) in [4.78, 5) is 0. The highest BCUT2D eigenvalue weighted by molar-refractivity contribution is 9.09. The molecule has 0 heterocycles. The van der Waals surface area contributed by atoms with E-state index in [0.29, 0.717) is 0 Å². The van der Waals surface area contributed by atoms with Crippen LogP contribution in [0.25, 0.3) is 5.57 Å². The molecule has 0 unspecified atom stereocenters. The molecule has 0 aliphatic heterocycles. The smallest absolute Gasteiger partial charge is 0.126 e. The lowest BCUT2D eigenvalue weighted by Gasteiger charge is -2.07. The summed E-state index contributed by atoms with van der Waals surface area (Å²) < 4.78 is 5.29. The molecule has 0 aliphatic carbocycles. The molecule has 1 aromatic rings. The maximum absolute atomic E-state index is 5.29. The second-order valence-electron chi connectivity index (χ2n) is 3.07. The second kappa shape index (κ2) is 5.86. The Bertz CT molecular complexity index is 318. The van der Waals surface area contributed by atoms with Crippen molar-refractivity contribution in [2.24, 2.45) is 0 Å². The lowest BCUT2D eigenvalue weighted by atomic mass is 10.1. The Kier molecular flexibility index (Phi) is 4.74. The number of hydrogen-bond acceptors (Lipinski definition) is 1. The van der Waals surface area contributed by atoms with Crippen LogP contribution in [0.1, 0.15) is 18.9 Å². The van der Waals surface area contributed by atoms with Crippen molar-refractivity contribution in [3.63, 3.8) is 0 Å². The van der Waals surface area contributed by atoms with Crippen LogP contribution in [0.5, 0.6) is 5.75 Å². The minimum atomic E-state index is 0.941. The first-order valence-electron chi connectivity index (χ1n) is 4.65. The van der Waals surface area contributed by atoms with Crippen LogP contribution in [-0.4, -0.2) is 12.4 Å². The van der Waals surface area contributed by atoms with Gasteiger partial charge < -0.3 is 4.74 Å². The number of allylic oxidation sites excluding steroid dienone is 2. The van der Waals surface area contributed by atoms with Gasteiger partial charge in [0.15, 0.2) is 0 Å². The van der Waals surface area contributed by atoms with Crippen molar-refractivity contribution in [3.05, 3.63) is 35.9 Å². The minimum Gasteiger partial charge on any atom is -0.496 e. The SMILES string of the molecule is COc1ccccc1C(C)=CCCBr. The molecule has 0 saturated carbocycles. The number of hydrogen-bond donors (Lipinski definition) is 0. The van der Waals surface area contributed by atoms with Gasteiger partial charge >= 0.3 is 0 Å². The number of methoxy groups -OCH3 is 1. The van der Waals surface area contributed by atoms with E-state index in [1.807, 2.05) is 18.2 Å². The van der Waals surface area contributed by atoms with Crippen molar-refractivity contribution in [2.75, 3.05) is 12.4 Å². The maximum atomic E-state index is 5.29. The summed E-state index contributed by atoms with van der Waals surface area (Å²) in [5.41, 5.74) is 2.44. The second-order valence-corrected chi connectivity index (χ2v) is 3.86. The molecule has 1 nitrogen and oxygen atoms in total. The number of ether oxygens (including phenoxy) is 1. The van der Waals surface area contributed by atoms with Crippen LogP contribution < -0.4 is 4.74 Å².